The number of amides is 1. The predicted octanol–water partition coefficient (Wildman–Crippen LogP) is 4.56. The van der Waals surface area contributed by atoms with Gasteiger partial charge < -0.3 is 24.0 Å². The molecule has 1 aromatic carbocycles. The lowest BCUT2D eigenvalue weighted by Gasteiger charge is -2.40. The molecule has 0 N–H and O–H groups in total. The maximum absolute atomic E-state index is 16.3. The molecule has 3 aromatic heterocycles. The van der Waals surface area contributed by atoms with E-state index in [1.54, 1.807) is 17.2 Å². The average molecular weight is 647 g/mol. The lowest BCUT2D eigenvalue weighted by Crippen LogP contribution is -2.54. The summed E-state index contributed by atoms with van der Waals surface area (Å²) < 4.78 is 51.1. The van der Waals surface area contributed by atoms with E-state index >= 15 is 8.78 Å². The molecule has 13 heteroatoms. The number of carbonyl (C=O) groups is 1. The van der Waals surface area contributed by atoms with Crippen LogP contribution < -0.4 is 15.3 Å². The Balaban J connectivity index is 1.73. The van der Waals surface area contributed by atoms with E-state index < -0.39 is 29.5 Å². The van der Waals surface area contributed by atoms with E-state index in [0.29, 0.717) is 36.6 Å². The van der Waals surface area contributed by atoms with Gasteiger partial charge in [-0.05, 0) is 43.2 Å². The second kappa shape index (κ2) is 12.8. The first kappa shape index (κ1) is 32.2. The zero-order valence-corrected chi connectivity index (χ0v) is 26.9. The monoisotopic (exact) mass is 646 g/mol. The highest BCUT2D eigenvalue weighted by Crippen LogP contribution is 2.40. The van der Waals surface area contributed by atoms with Crippen molar-refractivity contribution in [3.05, 3.63) is 82.6 Å². The van der Waals surface area contributed by atoms with E-state index in [0.717, 1.165) is 0 Å². The number of piperazine rings is 1. The van der Waals surface area contributed by atoms with Gasteiger partial charge in [0.25, 0.3) is 0 Å². The number of fused-ring (bicyclic) bond motifs is 5. The molecule has 11 nitrogen and oxygen atoms in total. The van der Waals surface area contributed by atoms with Gasteiger partial charge in [0.05, 0.1) is 22.3 Å². The molecule has 1 amide bonds. The summed E-state index contributed by atoms with van der Waals surface area (Å²) in [5.41, 5.74) is 0.268. The molecule has 0 aliphatic carbocycles. The molecule has 3 unspecified atom stereocenters. The van der Waals surface area contributed by atoms with Gasteiger partial charge in [-0.15, -0.1) is 0 Å². The Bertz CT molecular complexity index is 1930. The summed E-state index contributed by atoms with van der Waals surface area (Å²) in [7, 11) is 3.01. The molecule has 1 saturated heterocycles. The zero-order valence-electron chi connectivity index (χ0n) is 26.9. The maximum atomic E-state index is 16.3. The summed E-state index contributed by atoms with van der Waals surface area (Å²) in [5, 5.41) is 0.221. The molecule has 2 bridgehead atoms. The molecule has 47 heavy (non-hydrogen) atoms. The first-order valence-corrected chi connectivity index (χ1v) is 15.4. The molecule has 4 aromatic rings. The Morgan fingerprint density at radius 1 is 1.13 bits per heavy atom. The van der Waals surface area contributed by atoms with Crippen LogP contribution >= 0.6 is 0 Å². The Labute approximate surface area is 270 Å². The molecule has 2 aliphatic rings. The van der Waals surface area contributed by atoms with Crippen LogP contribution in [0.15, 0.2) is 54.0 Å². The third-order valence-electron chi connectivity index (χ3n) is 8.76. The van der Waals surface area contributed by atoms with Gasteiger partial charge in [0.1, 0.15) is 41.9 Å². The number of anilines is 1. The predicted molar refractivity (Wildman–Crippen MR) is 172 cm³/mol. The van der Waals surface area contributed by atoms with Crippen LogP contribution in [0.25, 0.3) is 28.0 Å². The van der Waals surface area contributed by atoms with Crippen LogP contribution in [0.5, 0.6) is 5.75 Å². The SMILES string of the molecule is C=CC(=O)N1CCN(c2nc(=O)n3c4nc(c(F)cc24)-c2c(F)cccc2OCC(OC)C(OC)c2ccnc(C(C)C)c2-3)C(C)C1. The topological polar surface area (TPSA) is 112 Å². The molecular formula is C34H36F2N6O5. The molecule has 1 fully saturated rings. The first-order valence-electron chi connectivity index (χ1n) is 15.4. The van der Waals surface area contributed by atoms with Gasteiger partial charge in [0.2, 0.25) is 5.91 Å². The number of hydrogen-bond donors (Lipinski definition) is 0. The van der Waals surface area contributed by atoms with Crippen molar-refractivity contribution in [3.8, 4) is 22.7 Å². The summed E-state index contributed by atoms with van der Waals surface area (Å²) in [6.45, 7) is 10.2. The van der Waals surface area contributed by atoms with Crippen molar-refractivity contribution in [3.63, 3.8) is 0 Å². The number of halogens is 2. The van der Waals surface area contributed by atoms with E-state index in [1.165, 1.54) is 49.1 Å². The van der Waals surface area contributed by atoms with Crippen LogP contribution in [0.2, 0.25) is 0 Å². The number of benzene rings is 1. The number of aromatic nitrogens is 4. The van der Waals surface area contributed by atoms with Crippen LogP contribution in [0.3, 0.4) is 0 Å². The van der Waals surface area contributed by atoms with Gasteiger partial charge >= 0.3 is 5.69 Å². The molecule has 0 spiro atoms. The van der Waals surface area contributed by atoms with Gasteiger partial charge in [0, 0.05) is 51.7 Å². The van der Waals surface area contributed by atoms with Crippen molar-refractivity contribution in [2.24, 2.45) is 0 Å². The molecule has 6 rings (SSSR count). The van der Waals surface area contributed by atoms with E-state index in [1.807, 2.05) is 25.7 Å². The van der Waals surface area contributed by atoms with Gasteiger partial charge in [-0.25, -0.2) is 23.1 Å². The molecular weight excluding hydrogens is 610 g/mol. The zero-order chi connectivity index (χ0) is 33.6. The second-order valence-corrected chi connectivity index (χ2v) is 11.9. The summed E-state index contributed by atoms with van der Waals surface area (Å²) in [6.07, 6.45) is 1.38. The van der Waals surface area contributed by atoms with Gasteiger partial charge in [-0.3, -0.25) is 9.78 Å². The average Bonchev–Trinajstić information content (AvgIpc) is 3.05. The Morgan fingerprint density at radius 3 is 2.60 bits per heavy atom. The molecule has 0 saturated carbocycles. The third-order valence-corrected chi connectivity index (χ3v) is 8.76. The van der Waals surface area contributed by atoms with E-state index in [9.17, 15) is 9.59 Å². The third kappa shape index (κ3) is 5.52. The van der Waals surface area contributed by atoms with Crippen LogP contribution in [0, 0.1) is 11.6 Å². The molecule has 0 radical (unpaired) electrons. The molecule has 246 valence electrons. The Morgan fingerprint density at radius 2 is 1.91 bits per heavy atom. The largest absolute Gasteiger partial charge is 0.490 e. The minimum Gasteiger partial charge on any atom is -0.490 e. The highest BCUT2D eigenvalue weighted by molar-refractivity contribution is 5.91. The van der Waals surface area contributed by atoms with Crippen molar-refractivity contribution in [2.45, 2.75) is 44.9 Å². The Kier molecular flexibility index (Phi) is 8.77. The fraction of sp³-hybridized carbons (Fsp3) is 0.382. The highest BCUT2D eigenvalue weighted by atomic mass is 19.1. The molecule has 5 heterocycles. The minimum absolute atomic E-state index is 0.0444. The second-order valence-electron chi connectivity index (χ2n) is 11.9. The first-order chi connectivity index (χ1) is 22.6. The smallest absolute Gasteiger partial charge is 0.355 e. The normalized spacial score (nSPS) is 19.5. The number of carbonyl (C=O) groups excluding carboxylic acids is 1. The van der Waals surface area contributed by atoms with Gasteiger partial charge in [-0.2, -0.15) is 4.98 Å². The Hall–Kier alpha value is -4.75. The van der Waals surface area contributed by atoms with Crippen LogP contribution in [-0.2, 0) is 14.3 Å². The van der Waals surface area contributed by atoms with Crippen LogP contribution in [0.1, 0.15) is 44.1 Å². The number of ether oxygens (including phenoxy) is 3. The summed E-state index contributed by atoms with van der Waals surface area (Å²) >= 11 is 0. The van der Waals surface area contributed by atoms with Crippen molar-refractivity contribution in [1.29, 1.82) is 0 Å². The number of hydrogen-bond acceptors (Lipinski definition) is 9. The van der Waals surface area contributed by atoms with Crippen LogP contribution in [-0.4, -0.2) is 82.9 Å². The number of rotatable bonds is 5. The molecule has 2 aliphatic heterocycles. The summed E-state index contributed by atoms with van der Waals surface area (Å²) in [4.78, 5) is 44.1. The van der Waals surface area contributed by atoms with Crippen molar-refractivity contribution in [2.75, 3.05) is 45.4 Å². The fourth-order valence-corrected chi connectivity index (χ4v) is 6.47. The van der Waals surface area contributed by atoms with E-state index in [-0.39, 0.29) is 58.3 Å². The van der Waals surface area contributed by atoms with Crippen LogP contribution in [0.4, 0.5) is 14.6 Å². The quantitative estimate of drug-likeness (QED) is 0.288. The van der Waals surface area contributed by atoms with Crippen molar-refractivity contribution in [1.82, 2.24) is 24.4 Å². The standard InChI is InChI=1S/C34H36F2N6O5/c1-7-26(43)40-13-14-41(19(4)16-40)32-21-15-23(36)29-27-22(35)9-8-10-24(27)47-17-25(45-5)31(46-6)20-11-12-37-28(18(2)3)30(20)42(33(21)38-29)34(44)39-32/h7-12,15,18-19,25,31H,1,13-14,16-17H2,2-6H3. The lowest BCUT2D eigenvalue weighted by molar-refractivity contribution is -0.126. The highest BCUT2D eigenvalue weighted by Gasteiger charge is 2.34. The van der Waals surface area contributed by atoms with Crippen molar-refractivity contribution < 1.29 is 27.8 Å². The number of nitrogens with zero attached hydrogens (tertiary/aromatic N) is 6. The lowest BCUT2D eigenvalue weighted by atomic mass is 9.97. The fourth-order valence-electron chi connectivity index (χ4n) is 6.47. The van der Waals surface area contributed by atoms with Gasteiger partial charge in [0.15, 0.2) is 11.5 Å². The number of methoxy groups -OCH3 is 2. The minimum atomic E-state index is -0.834. The maximum Gasteiger partial charge on any atom is 0.355 e. The van der Waals surface area contributed by atoms with E-state index in [2.05, 4.69) is 16.5 Å². The summed E-state index contributed by atoms with van der Waals surface area (Å²) in [5.74, 6) is -1.73. The number of pyridine rings is 2. The summed E-state index contributed by atoms with van der Waals surface area (Å²) in [6, 6.07) is 6.84. The van der Waals surface area contributed by atoms with E-state index in [4.69, 9.17) is 19.2 Å². The van der Waals surface area contributed by atoms with Gasteiger partial charge in [-0.1, -0.05) is 26.5 Å². The molecule has 3 atom stereocenters. The van der Waals surface area contributed by atoms with Crippen molar-refractivity contribution >= 4 is 22.8 Å².